The summed E-state index contributed by atoms with van der Waals surface area (Å²) in [7, 11) is 0. The van der Waals surface area contributed by atoms with Crippen LogP contribution in [0.4, 0.5) is 14.5 Å². The maximum Gasteiger partial charge on any atom is 0.129 e. The van der Waals surface area contributed by atoms with E-state index in [0.29, 0.717) is 15.7 Å². The van der Waals surface area contributed by atoms with Crippen LogP contribution in [0.3, 0.4) is 0 Å². The van der Waals surface area contributed by atoms with Gasteiger partial charge in [-0.3, -0.25) is 0 Å². The molecule has 2 aromatic rings. The molecular formula is C13H9BrClF2N. The highest BCUT2D eigenvalue weighted by molar-refractivity contribution is 9.10. The van der Waals surface area contributed by atoms with Crippen molar-refractivity contribution in [3.63, 3.8) is 0 Å². The van der Waals surface area contributed by atoms with Crippen molar-refractivity contribution in [2.75, 3.05) is 5.32 Å². The first-order valence-electron chi connectivity index (χ1n) is 5.19. The zero-order chi connectivity index (χ0) is 13.1. The van der Waals surface area contributed by atoms with Gasteiger partial charge in [0.15, 0.2) is 0 Å². The molecule has 0 unspecified atom stereocenters. The molecule has 1 nitrogen and oxygen atoms in total. The fourth-order valence-corrected chi connectivity index (χ4v) is 2.06. The smallest absolute Gasteiger partial charge is 0.129 e. The average Bonchev–Trinajstić information content (AvgIpc) is 2.30. The summed E-state index contributed by atoms with van der Waals surface area (Å²) < 4.78 is 27.1. The lowest BCUT2D eigenvalue weighted by atomic mass is 10.2. The Morgan fingerprint density at radius 1 is 1.11 bits per heavy atom. The summed E-state index contributed by atoms with van der Waals surface area (Å²) in [5.41, 5.74) is 1.08. The van der Waals surface area contributed by atoms with Crippen LogP contribution in [0.5, 0.6) is 0 Å². The fourth-order valence-electron chi connectivity index (χ4n) is 1.49. The van der Waals surface area contributed by atoms with Crippen LogP contribution in [0.1, 0.15) is 5.56 Å². The Bertz CT molecular complexity index is 523. The van der Waals surface area contributed by atoms with Crippen LogP contribution >= 0.6 is 27.5 Å². The molecule has 0 atom stereocenters. The monoisotopic (exact) mass is 331 g/mol. The predicted molar refractivity (Wildman–Crippen MR) is 72.8 cm³/mol. The molecule has 1 N–H and O–H groups in total. The first-order valence-corrected chi connectivity index (χ1v) is 6.36. The first kappa shape index (κ1) is 13.3. The Morgan fingerprint density at radius 3 is 2.56 bits per heavy atom. The van der Waals surface area contributed by atoms with Gasteiger partial charge in [0, 0.05) is 16.6 Å². The Labute approximate surface area is 117 Å². The first-order chi connectivity index (χ1) is 8.56. The van der Waals surface area contributed by atoms with Crippen LogP contribution in [0, 0.1) is 11.6 Å². The fraction of sp³-hybridized carbons (Fsp3) is 0.0769. The van der Waals surface area contributed by atoms with E-state index in [4.69, 9.17) is 11.6 Å². The van der Waals surface area contributed by atoms with Gasteiger partial charge in [-0.05, 0) is 30.3 Å². The van der Waals surface area contributed by atoms with E-state index in [-0.39, 0.29) is 17.4 Å². The second-order valence-electron chi connectivity index (χ2n) is 3.71. The second kappa shape index (κ2) is 5.67. The largest absolute Gasteiger partial charge is 0.380 e. The summed E-state index contributed by atoms with van der Waals surface area (Å²) in [5.74, 6) is -0.713. The highest BCUT2D eigenvalue weighted by Crippen LogP contribution is 2.23. The average molecular weight is 333 g/mol. The van der Waals surface area contributed by atoms with Gasteiger partial charge in [0.2, 0.25) is 0 Å². The minimum atomic E-state index is -0.402. The number of anilines is 1. The quantitative estimate of drug-likeness (QED) is 0.834. The number of benzene rings is 2. The molecule has 0 spiro atoms. The van der Waals surface area contributed by atoms with Gasteiger partial charge in [-0.1, -0.05) is 33.6 Å². The Morgan fingerprint density at radius 2 is 1.89 bits per heavy atom. The summed E-state index contributed by atoms with van der Waals surface area (Å²) in [6.45, 7) is 0.282. The molecule has 0 aliphatic rings. The number of hydrogen-bond donors (Lipinski definition) is 1. The van der Waals surface area contributed by atoms with E-state index in [2.05, 4.69) is 21.2 Å². The van der Waals surface area contributed by atoms with Gasteiger partial charge in [-0.25, -0.2) is 8.78 Å². The molecule has 0 fully saturated rings. The molecule has 0 saturated heterocycles. The van der Waals surface area contributed by atoms with Gasteiger partial charge < -0.3 is 5.32 Å². The summed E-state index contributed by atoms with van der Waals surface area (Å²) >= 11 is 9.05. The molecule has 18 heavy (non-hydrogen) atoms. The summed E-state index contributed by atoms with van der Waals surface area (Å²) in [5, 5.41) is 3.23. The zero-order valence-corrected chi connectivity index (χ0v) is 11.5. The van der Waals surface area contributed by atoms with Crippen LogP contribution in [-0.4, -0.2) is 0 Å². The molecule has 2 rings (SSSR count). The maximum absolute atomic E-state index is 13.6. The summed E-state index contributed by atoms with van der Waals surface area (Å²) in [4.78, 5) is 0. The van der Waals surface area contributed by atoms with Crippen molar-refractivity contribution in [1.82, 2.24) is 0 Å². The highest BCUT2D eigenvalue weighted by Gasteiger charge is 2.05. The van der Waals surface area contributed by atoms with E-state index >= 15 is 0 Å². The zero-order valence-electron chi connectivity index (χ0n) is 9.18. The van der Waals surface area contributed by atoms with Gasteiger partial charge in [-0.2, -0.15) is 0 Å². The van der Waals surface area contributed by atoms with Crippen molar-refractivity contribution in [2.24, 2.45) is 0 Å². The molecule has 0 bridgehead atoms. The third-order valence-electron chi connectivity index (χ3n) is 2.42. The Balaban J connectivity index is 2.11. The predicted octanol–water partition coefficient (Wildman–Crippen LogP) is 4.99. The highest BCUT2D eigenvalue weighted by atomic mass is 79.9. The molecule has 0 amide bonds. The lowest BCUT2D eigenvalue weighted by Crippen LogP contribution is -2.02. The number of rotatable bonds is 3. The van der Waals surface area contributed by atoms with E-state index in [0.717, 1.165) is 0 Å². The van der Waals surface area contributed by atoms with E-state index < -0.39 is 5.82 Å². The normalized spacial score (nSPS) is 10.4. The second-order valence-corrected chi connectivity index (χ2v) is 5.04. The van der Waals surface area contributed by atoms with E-state index in [1.807, 2.05) is 0 Å². The van der Waals surface area contributed by atoms with Crippen molar-refractivity contribution < 1.29 is 8.78 Å². The molecule has 0 aliphatic heterocycles. The Hall–Kier alpha value is -1.13. The topological polar surface area (TPSA) is 12.0 Å². The van der Waals surface area contributed by atoms with Crippen LogP contribution in [0.25, 0.3) is 0 Å². The maximum atomic E-state index is 13.6. The lowest BCUT2D eigenvalue weighted by molar-refractivity contribution is 0.612. The molecule has 0 radical (unpaired) electrons. The standard InChI is InChI=1S/C13H9BrClF2N/c14-9-2-1-8(12(17)5-9)7-18-13-4-3-10(16)6-11(13)15/h1-6,18H,7H2. The van der Waals surface area contributed by atoms with Gasteiger partial charge in [0.25, 0.3) is 0 Å². The molecule has 0 heterocycles. The Kier molecular flexibility index (Phi) is 4.19. The minimum absolute atomic E-state index is 0.271. The van der Waals surface area contributed by atoms with Crippen LogP contribution < -0.4 is 5.32 Å². The van der Waals surface area contributed by atoms with E-state index in [9.17, 15) is 8.78 Å². The van der Waals surface area contributed by atoms with Crippen molar-refractivity contribution in [3.8, 4) is 0 Å². The van der Waals surface area contributed by atoms with Crippen LogP contribution in [-0.2, 0) is 6.54 Å². The summed E-state index contributed by atoms with van der Waals surface area (Å²) in [6, 6.07) is 8.85. The van der Waals surface area contributed by atoms with Crippen molar-refractivity contribution in [3.05, 3.63) is 63.1 Å². The third-order valence-corrected chi connectivity index (χ3v) is 3.22. The lowest BCUT2D eigenvalue weighted by Gasteiger charge is -2.09. The third kappa shape index (κ3) is 3.21. The number of halogens is 4. The molecule has 0 aliphatic carbocycles. The molecule has 5 heteroatoms. The minimum Gasteiger partial charge on any atom is -0.380 e. The van der Waals surface area contributed by atoms with Crippen LogP contribution in [0.2, 0.25) is 5.02 Å². The number of hydrogen-bond acceptors (Lipinski definition) is 1. The molecule has 94 valence electrons. The van der Waals surface area contributed by atoms with Crippen molar-refractivity contribution in [1.29, 1.82) is 0 Å². The molecule has 0 saturated carbocycles. The molecule has 2 aromatic carbocycles. The SMILES string of the molecule is Fc1ccc(NCc2ccc(Br)cc2F)c(Cl)c1. The van der Waals surface area contributed by atoms with Crippen LogP contribution in [0.15, 0.2) is 40.9 Å². The van der Waals surface area contributed by atoms with E-state index in [1.54, 1.807) is 12.1 Å². The van der Waals surface area contributed by atoms with Crippen molar-refractivity contribution >= 4 is 33.2 Å². The van der Waals surface area contributed by atoms with Gasteiger partial charge in [0.05, 0.1) is 10.7 Å². The summed E-state index contributed by atoms with van der Waals surface area (Å²) in [6.07, 6.45) is 0. The van der Waals surface area contributed by atoms with Gasteiger partial charge in [-0.15, -0.1) is 0 Å². The molecule has 0 aromatic heterocycles. The molecular weight excluding hydrogens is 324 g/mol. The number of nitrogens with one attached hydrogen (secondary N) is 1. The van der Waals surface area contributed by atoms with Gasteiger partial charge in [0.1, 0.15) is 11.6 Å². The van der Waals surface area contributed by atoms with Crippen molar-refractivity contribution in [2.45, 2.75) is 6.54 Å². The van der Waals surface area contributed by atoms with E-state index in [1.165, 1.54) is 24.3 Å². The van der Waals surface area contributed by atoms with Gasteiger partial charge >= 0.3 is 0 Å².